The van der Waals surface area contributed by atoms with Crippen molar-refractivity contribution in [2.45, 2.75) is 51.9 Å². The average Bonchev–Trinajstić information content (AvgIpc) is 2.30. The van der Waals surface area contributed by atoms with Gasteiger partial charge in [0.1, 0.15) is 0 Å². The zero-order valence-electron chi connectivity index (χ0n) is 9.60. The first kappa shape index (κ1) is 10.5. The van der Waals surface area contributed by atoms with Crippen LogP contribution in [0, 0.1) is 17.8 Å². The molecule has 1 aliphatic heterocycles. The zero-order chi connectivity index (χ0) is 9.80. The molecule has 2 fully saturated rings. The van der Waals surface area contributed by atoms with Gasteiger partial charge in [-0.25, -0.2) is 0 Å². The summed E-state index contributed by atoms with van der Waals surface area (Å²) < 4.78 is 0. The first-order chi connectivity index (χ1) is 6.90. The van der Waals surface area contributed by atoms with Crippen molar-refractivity contribution in [3.63, 3.8) is 0 Å². The van der Waals surface area contributed by atoms with Crippen molar-refractivity contribution in [3.8, 4) is 0 Å². The van der Waals surface area contributed by atoms with Crippen LogP contribution in [0.25, 0.3) is 0 Å². The molecule has 0 aromatic rings. The lowest BCUT2D eigenvalue weighted by Gasteiger charge is -2.35. The summed E-state index contributed by atoms with van der Waals surface area (Å²) in [6.07, 6.45) is 10.4. The van der Waals surface area contributed by atoms with Crippen LogP contribution in [0.15, 0.2) is 0 Å². The van der Waals surface area contributed by atoms with Gasteiger partial charge >= 0.3 is 0 Å². The van der Waals surface area contributed by atoms with Crippen molar-refractivity contribution < 1.29 is 0 Å². The first-order valence-electron chi connectivity index (χ1n) is 6.61. The third kappa shape index (κ3) is 2.50. The molecule has 0 aromatic heterocycles. The summed E-state index contributed by atoms with van der Waals surface area (Å²) >= 11 is 0. The largest absolute Gasteiger partial charge is 0.317 e. The quantitative estimate of drug-likeness (QED) is 0.713. The van der Waals surface area contributed by atoms with Crippen LogP contribution < -0.4 is 5.32 Å². The fourth-order valence-electron chi connectivity index (χ4n) is 3.38. The van der Waals surface area contributed by atoms with Gasteiger partial charge in [0.05, 0.1) is 0 Å². The molecule has 1 saturated heterocycles. The molecular weight excluding hydrogens is 170 g/mol. The summed E-state index contributed by atoms with van der Waals surface area (Å²) in [5.41, 5.74) is 0. The van der Waals surface area contributed by atoms with E-state index in [9.17, 15) is 0 Å². The summed E-state index contributed by atoms with van der Waals surface area (Å²) in [6.45, 7) is 4.91. The van der Waals surface area contributed by atoms with E-state index < -0.39 is 0 Å². The summed E-state index contributed by atoms with van der Waals surface area (Å²) in [6, 6.07) is 0. The molecule has 82 valence electrons. The monoisotopic (exact) mass is 195 g/mol. The van der Waals surface area contributed by atoms with Crippen LogP contribution in [0.3, 0.4) is 0 Å². The molecule has 1 heteroatoms. The Morgan fingerprint density at radius 1 is 0.857 bits per heavy atom. The van der Waals surface area contributed by atoms with Gasteiger partial charge in [0, 0.05) is 0 Å². The summed E-state index contributed by atoms with van der Waals surface area (Å²) in [4.78, 5) is 0. The molecule has 0 amide bonds. The Balaban J connectivity index is 1.76. The first-order valence-corrected chi connectivity index (χ1v) is 6.61. The Bertz CT molecular complexity index is 153. The van der Waals surface area contributed by atoms with Gasteiger partial charge in [0.15, 0.2) is 0 Å². The number of piperidine rings is 1. The summed E-state index contributed by atoms with van der Waals surface area (Å²) in [5.74, 6) is 3.21. The van der Waals surface area contributed by atoms with Gasteiger partial charge in [-0.3, -0.25) is 0 Å². The lowest BCUT2D eigenvalue weighted by molar-refractivity contribution is 0.171. The van der Waals surface area contributed by atoms with E-state index in [0.717, 1.165) is 17.8 Å². The highest BCUT2D eigenvalue weighted by Crippen LogP contribution is 2.37. The van der Waals surface area contributed by atoms with E-state index >= 15 is 0 Å². The fourth-order valence-corrected chi connectivity index (χ4v) is 3.38. The van der Waals surface area contributed by atoms with Crippen LogP contribution >= 0.6 is 0 Å². The maximum Gasteiger partial charge on any atom is -0.00462 e. The molecule has 14 heavy (non-hydrogen) atoms. The molecule has 0 bridgehead atoms. The second kappa shape index (κ2) is 5.16. The van der Waals surface area contributed by atoms with Gasteiger partial charge in [0.2, 0.25) is 0 Å². The maximum atomic E-state index is 3.47. The number of hydrogen-bond donors (Lipinski definition) is 1. The molecule has 0 radical (unpaired) electrons. The third-order valence-corrected chi connectivity index (χ3v) is 4.52. The molecule has 2 rings (SSSR count). The molecule has 1 nitrogen and oxygen atoms in total. The van der Waals surface area contributed by atoms with E-state index in [1.165, 1.54) is 58.0 Å². The predicted octanol–water partition coefficient (Wildman–Crippen LogP) is 3.20. The van der Waals surface area contributed by atoms with Gasteiger partial charge < -0.3 is 5.32 Å². The third-order valence-electron chi connectivity index (χ3n) is 4.52. The van der Waals surface area contributed by atoms with Crippen molar-refractivity contribution in [3.05, 3.63) is 0 Å². The van der Waals surface area contributed by atoms with Crippen molar-refractivity contribution >= 4 is 0 Å². The minimum absolute atomic E-state index is 1.06. The number of nitrogens with one attached hydrogen (secondary N) is 1. The van der Waals surface area contributed by atoms with E-state index in [4.69, 9.17) is 0 Å². The van der Waals surface area contributed by atoms with E-state index in [2.05, 4.69) is 12.2 Å². The topological polar surface area (TPSA) is 12.0 Å². The zero-order valence-corrected chi connectivity index (χ0v) is 9.60. The second-order valence-electron chi connectivity index (χ2n) is 5.28. The molecule has 2 aliphatic rings. The van der Waals surface area contributed by atoms with Crippen molar-refractivity contribution in [1.29, 1.82) is 0 Å². The lowest BCUT2D eigenvalue weighted by atomic mass is 9.72. The van der Waals surface area contributed by atoms with Crippen molar-refractivity contribution in [2.24, 2.45) is 17.8 Å². The average molecular weight is 195 g/mol. The summed E-state index contributed by atoms with van der Waals surface area (Å²) in [7, 11) is 0. The normalized spacial score (nSPS) is 35.8. The van der Waals surface area contributed by atoms with E-state index in [1.54, 1.807) is 0 Å². The van der Waals surface area contributed by atoms with E-state index in [0.29, 0.717) is 0 Å². The minimum atomic E-state index is 1.06. The smallest absolute Gasteiger partial charge is 0.00462 e. The molecule has 1 saturated carbocycles. The van der Waals surface area contributed by atoms with Gasteiger partial charge in [-0.15, -0.1) is 0 Å². The molecule has 1 aliphatic carbocycles. The van der Waals surface area contributed by atoms with Gasteiger partial charge in [-0.1, -0.05) is 26.2 Å². The van der Waals surface area contributed by atoms with Crippen LogP contribution in [0.2, 0.25) is 0 Å². The van der Waals surface area contributed by atoms with E-state index in [1.807, 2.05) is 0 Å². The molecule has 1 N–H and O–H groups in total. The Morgan fingerprint density at radius 3 is 2.00 bits per heavy atom. The van der Waals surface area contributed by atoms with Crippen LogP contribution in [0.1, 0.15) is 51.9 Å². The van der Waals surface area contributed by atoms with Crippen LogP contribution in [0.5, 0.6) is 0 Å². The number of hydrogen-bond acceptors (Lipinski definition) is 1. The summed E-state index contributed by atoms with van der Waals surface area (Å²) in [5, 5.41) is 3.47. The van der Waals surface area contributed by atoms with Crippen LogP contribution in [-0.2, 0) is 0 Å². The van der Waals surface area contributed by atoms with E-state index in [-0.39, 0.29) is 0 Å². The Hall–Kier alpha value is -0.0400. The maximum absolute atomic E-state index is 3.47. The SMILES string of the molecule is CC[C@H]1CC[C@H](C2CCNCC2)CC1. The predicted molar refractivity (Wildman–Crippen MR) is 61.3 cm³/mol. The van der Waals surface area contributed by atoms with Crippen LogP contribution in [0.4, 0.5) is 0 Å². The molecular formula is C13H25N. The van der Waals surface area contributed by atoms with Gasteiger partial charge in [-0.05, 0) is 56.5 Å². The minimum Gasteiger partial charge on any atom is -0.317 e. The van der Waals surface area contributed by atoms with Gasteiger partial charge in [-0.2, -0.15) is 0 Å². The Labute approximate surface area is 88.7 Å². The van der Waals surface area contributed by atoms with Crippen molar-refractivity contribution in [1.82, 2.24) is 5.32 Å². The highest BCUT2D eigenvalue weighted by Gasteiger charge is 2.27. The molecule has 1 heterocycles. The molecule has 0 unspecified atom stereocenters. The standard InChI is InChI=1S/C13H25N/c1-2-11-3-5-12(6-4-11)13-7-9-14-10-8-13/h11-14H,2-10H2,1H3/t11-,12-. The Morgan fingerprint density at radius 2 is 1.43 bits per heavy atom. The highest BCUT2D eigenvalue weighted by molar-refractivity contribution is 4.80. The molecule has 0 spiro atoms. The van der Waals surface area contributed by atoms with Gasteiger partial charge in [0.25, 0.3) is 0 Å². The second-order valence-corrected chi connectivity index (χ2v) is 5.28. The highest BCUT2D eigenvalue weighted by atomic mass is 14.9. The van der Waals surface area contributed by atoms with Crippen LogP contribution in [-0.4, -0.2) is 13.1 Å². The lowest BCUT2D eigenvalue weighted by Crippen LogP contribution is -2.33. The Kier molecular flexibility index (Phi) is 3.86. The van der Waals surface area contributed by atoms with Crippen molar-refractivity contribution in [2.75, 3.05) is 13.1 Å². The molecule has 0 aromatic carbocycles. The fraction of sp³-hybridized carbons (Fsp3) is 1.00. The molecule has 0 atom stereocenters. The number of rotatable bonds is 2.